The number of nitrogens with zero attached hydrogens (tertiary/aromatic N) is 4. The van der Waals surface area contributed by atoms with Crippen molar-refractivity contribution in [3.8, 4) is 11.1 Å². The van der Waals surface area contributed by atoms with Crippen LogP contribution in [0.3, 0.4) is 0 Å². The van der Waals surface area contributed by atoms with Crippen LogP contribution in [0.4, 0.5) is 11.5 Å². The molecule has 8 nitrogen and oxygen atoms in total. The largest absolute Gasteiger partial charge is 0.480 e. The fourth-order valence-corrected chi connectivity index (χ4v) is 3.76. The second-order valence-corrected chi connectivity index (χ2v) is 7.52. The van der Waals surface area contributed by atoms with Gasteiger partial charge in [-0.15, -0.1) is 0 Å². The summed E-state index contributed by atoms with van der Waals surface area (Å²) in [5.74, 6) is -0.603. The molecular formula is C22H19N5O3S. The Balaban J connectivity index is 1.61. The van der Waals surface area contributed by atoms with E-state index >= 15 is 0 Å². The van der Waals surface area contributed by atoms with Crippen LogP contribution in [0.15, 0.2) is 59.7 Å². The number of carbonyl (C=O) groups is 1. The van der Waals surface area contributed by atoms with E-state index in [-0.39, 0.29) is 0 Å². The van der Waals surface area contributed by atoms with Gasteiger partial charge in [-0.25, -0.2) is 14.8 Å². The molecule has 0 amide bonds. The van der Waals surface area contributed by atoms with E-state index in [9.17, 15) is 4.79 Å². The Labute approximate surface area is 182 Å². The lowest BCUT2D eigenvalue weighted by atomic mass is 9.99. The van der Waals surface area contributed by atoms with Crippen molar-refractivity contribution in [3.63, 3.8) is 0 Å². The highest BCUT2D eigenvalue weighted by molar-refractivity contribution is 7.13. The third kappa shape index (κ3) is 4.42. The predicted molar refractivity (Wildman–Crippen MR) is 121 cm³/mol. The Kier molecular flexibility index (Phi) is 5.96. The van der Waals surface area contributed by atoms with Gasteiger partial charge in [0.15, 0.2) is 16.7 Å². The Morgan fingerprint density at radius 1 is 1.23 bits per heavy atom. The van der Waals surface area contributed by atoms with E-state index in [0.29, 0.717) is 21.9 Å². The molecule has 0 spiro atoms. The number of rotatable bonds is 7. The zero-order valence-corrected chi connectivity index (χ0v) is 17.4. The van der Waals surface area contributed by atoms with Crippen LogP contribution in [-0.4, -0.2) is 49.4 Å². The van der Waals surface area contributed by atoms with Gasteiger partial charge < -0.3 is 15.5 Å². The molecule has 0 bridgehead atoms. The quantitative estimate of drug-likeness (QED) is 0.380. The number of aliphatic carboxylic acids is 1. The van der Waals surface area contributed by atoms with Crippen LogP contribution in [0, 0.1) is 6.92 Å². The van der Waals surface area contributed by atoms with Crippen molar-refractivity contribution in [1.29, 1.82) is 0 Å². The first kappa shape index (κ1) is 20.6. The molecule has 3 N–H and O–H groups in total. The maximum Gasteiger partial charge on any atom is 0.330 e. The van der Waals surface area contributed by atoms with Gasteiger partial charge in [0.2, 0.25) is 0 Å². The first-order valence-corrected chi connectivity index (χ1v) is 10.3. The summed E-state index contributed by atoms with van der Waals surface area (Å²) in [6, 6.07) is 15.0. The lowest BCUT2D eigenvalue weighted by Gasteiger charge is -2.12. The van der Waals surface area contributed by atoms with Crippen LogP contribution in [0.5, 0.6) is 0 Å². The first-order chi connectivity index (χ1) is 15.1. The summed E-state index contributed by atoms with van der Waals surface area (Å²) < 4.78 is 4.44. The molecule has 0 aliphatic carbocycles. The molecule has 0 aliphatic rings. The minimum absolute atomic E-state index is 0.393. The highest BCUT2D eigenvalue weighted by Gasteiger charge is 2.15. The average molecular weight is 433 g/mol. The summed E-state index contributed by atoms with van der Waals surface area (Å²) in [6.07, 6.45) is 2.79. The van der Waals surface area contributed by atoms with Crippen LogP contribution in [0.25, 0.3) is 21.5 Å². The molecule has 9 heteroatoms. The highest BCUT2D eigenvalue weighted by Crippen LogP contribution is 2.32. The van der Waals surface area contributed by atoms with Crippen LogP contribution in [0.1, 0.15) is 11.3 Å². The first-order valence-electron chi connectivity index (χ1n) is 9.48. The van der Waals surface area contributed by atoms with Crippen molar-refractivity contribution in [2.24, 2.45) is 4.99 Å². The van der Waals surface area contributed by atoms with Crippen molar-refractivity contribution in [2.45, 2.75) is 13.0 Å². The molecule has 4 rings (SSSR count). The van der Waals surface area contributed by atoms with E-state index in [2.05, 4.69) is 49.8 Å². The standard InChI is InChI=1S/C22H19N5O3S/c1-13-16(14-6-3-2-4-7-14)8-5-9-17(13)26-20-19-21(31-27-20)25-15(11-24-19)10-23-18(12-28)22(29)30/h2-11,18,28H,12H2,1H3,(H,26,27)(H,29,30)/t18-/m0/s1. The summed E-state index contributed by atoms with van der Waals surface area (Å²) in [5.41, 5.74) is 5.29. The molecule has 0 aliphatic heterocycles. The van der Waals surface area contributed by atoms with E-state index in [1.54, 1.807) is 0 Å². The maximum atomic E-state index is 11.0. The second kappa shape index (κ2) is 8.99. The monoisotopic (exact) mass is 433 g/mol. The third-order valence-electron chi connectivity index (χ3n) is 4.72. The molecule has 156 valence electrons. The average Bonchev–Trinajstić information content (AvgIpc) is 3.18. The van der Waals surface area contributed by atoms with Gasteiger partial charge in [0.1, 0.15) is 11.2 Å². The molecule has 2 aromatic heterocycles. The zero-order chi connectivity index (χ0) is 21.8. The lowest BCUT2D eigenvalue weighted by Crippen LogP contribution is -2.22. The van der Waals surface area contributed by atoms with E-state index in [4.69, 9.17) is 10.2 Å². The summed E-state index contributed by atoms with van der Waals surface area (Å²) in [7, 11) is 0. The molecule has 2 aromatic carbocycles. The van der Waals surface area contributed by atoms with Crippen LogP contribution >= 0.6 is 11.5 Å². The zero-order valence-electron chi connectivity index (χ0n) is 16.6. The normalized spacial score (nSPS) is 12.3. The molecule has 2 heterocycles. The Hall–Kier alpha value is -3.69. The summed E-state index contributed by atoms with van der Waals surface area (Å²) in [4.78, 5) is 24.2. The van der Waals surface area contributed by atoms with Crippen molar-refractivity contribution in [3.05, 3.63) is 66.0 Å². The predicted octanol–water partition coefficient (Wildman–Crippen LogP) is 3.67. The number of fused-ring (bicyclic) bond motifs is 1. The number of anilines is 2. The molecule has 0 radical (unpaired) electrons. The smallest absolute Gasteiger partial charge is 0.330 e. The molecule has 4 aromatic rings. The van der Waals surface area contributed by atoms with Gasteiger partial charge in [0, 0.05) is 11.9 Å². The number of hydrogen-bond donors (Lipinski definition) is 3. The van der Waals surface area contributed by atoms with Gasteiger partial charge in [0.25, 0.3) is 0 Å². The summed E-state index contributed by atoms with van der Waals surface area (Å²) in [6.45, 7) is 1.47. The van der Waals surface area contributed by atoms with E-state index in [1.807, 2.05) is 30.3 Å². The molecule has 0 saturated heterocycles. The van der Waals surface area contributed by atoms with E-state index in [1.165, 1.54) is 23.9 Å². The molecule has 0 saturated carbocycles. The SMILES string of the molecule is Cc1c(Nc2nsc3nc(C=N[C@@H](CO)C(=O)O)cnc23)cccc1-c1ccccc1. The molecule has 0 fully saturated rings. The number of aliphatic hydroxyl groups excluding tert-OH is 1. The Bertz CT molecular complexity index is 1260. The maximum absolute atomic E-state index is 11.0. The minimum atomic E-state index is -1.23. The number of nitrogens with one attached hydrogen (secondary N) is 1. The number of hydrogen-bond acceptors (Lipinski definition) is 8. The van der Waals surface area contributed by atoms with Gasteiger partial charge in [-0.2, -0.15) is 4.37 Å². The summed E-state index contributed by atoms with van der Waals surface area (Å²) in [5, 5.41) is 21.4. The minimum Gasteiger partial charge on any atom is -0.480 e. The number of benzene rings is 2. The van der Waals surface area contributed by atoms with Crippen LogP contribution in [0.2, 0.25) is 0 Å². The van der Waals surface area contributed by atoms with Crippen LogP contribution < -0.4 is 5.32 Å². The number of aliphatic hydroxyl groups is 1. The topological polar surface area (TPSA) is 121 Å². The Morgan fingerprint density at radius 2 is 2.03 bits per heavy atom. The van der Waals surface area contributed by atoms with Crippen molar-refractivity contribution >= 4 is 45.6 Å². The van der Waals surface area contributed by atoms with Gasteiger partial charge in [-0.3, -0.25) is 4.99 Å². The van der Waals surface area contributed by atoms with Gasteiger partial charge in [-0.1, -0.05) is 42.5 Å². The number of aliphatic imine (C=N–C) groups is 1. The third-order valence-corrected chi connectivity index (χ3v) is 5.45. The fourth-order valence-electron chi connectivity index (χ4n) is 3.07. The van der Waals surface area contributed by atoms with Crippen molar-refractivity contribution in [2.75, 3.05) is 11.9 Å². The van der Waals surface area contributed by atoms with Crippen molar-refractivity contribution in [1.82, 2.24) is 14.3 Å². The van der Waals surface area contributed by atoms with Gasteiger partial charge >= 0.3 is 5.97 Å². The highest BCUT2D eigenvalue weighted by atomic mass is 32.1. The summed E-state index contributed by atoms with van der Waals surface area (Å²) >= 11 is 1.19. The number of carboxylic acid groups (broad SMARTS) is 1. The van der Waals surface area contributed by atoms with Crippen LogP contribution in [-0.2, 0) is 4.79 Å². The molecular weight excluding hydrogens is 414 g/mol. The van der Waals surface area contributed by atoms with Crippen molar-refractivity contribution < 1.29 is 15.0 Å². The Morgan fingerprint density at radius 3 is 2.77 bits per heavy atom. The molecule has 1 atom stereocenters. The second-order valence-electron chi connectivity index (χ2n) is 6.76. The van der Waals surface area contributed by atoms with Gasteiger partial charge in [-0.05, 0) is 41.2 Å². The molecule has 0 unspecified atom stereocenters. The molecule has 31 heavy (non-hydrogen) atoms. The van der Waals surface area contributed by atoms with Gasteiger partial charge in [0.05, 0.1) is 12.8 Å². The lowest BCUT2D eigenvalue weighted by molar-refractivity contribution is -0.139. The number of carboxylic acids is 1. The van der Waals surface area contributed by atoms with E-state index < -0.39 is 18.6 Å². The van der Waals surface area contributed by atoms with E-state index in [0.717, 1.165) is 22.4 Å². The fraction of sp³-hybridized carbons (Fsp3) is 0.136. The number of aromatic nitrogens is 3.